The minimum Gasteiger partial charge on any atom is -0.493 e. The summed E-state index contributed by atoms with van der Waals surface area (Å²) in [5, 5.41) is 12.0. The Balaban J connectivity index is 1.42. The quantitative estimate of drug-likeness (QED) is 0.634. The number of nitriles is 1. The highest BCUT2D eigenvalue weighted by molar-refractivity contribution is 6.02. The van der Waals surface area contributed by atoms with Crippen molar-refractivity contribution in [3.8, 4) is 23.4 Å². The van der Waals surface area contributed by atoms with Crippen LogP contribution in [0.3, 0.4) is 0 Å². The number of nitrogens with zero attached hydrogens (tertiary/aromatic N) is 2. The number of aryl methyl sites for hydroxylation is 1. The van der Waals surface area contributed by atoms with Crippen LogP contribution in [0.2, 0.25) is 0 Å². The Kier molecular flexibility index (Phi) is 5.44. The number of anilines is 1. The van der Waals surface area contributed by atoms with Gasteiger partial charge in [0.2, 0.25) is 11.8 Å². The van der Waals surface area contributed by atoms with E-state index in [1.54, 1.807) is 42.6 Å². The maximum atomic E-state index is 12.3. The molecular formula is C24H19N3O3. The molecule has 6 nitrogen and oxygen atoms in total. The molecule has 1 amide bonds. The zero-order chi connectivity index (χ0) is 20.9. The van der Waals surface area contributed by atoms with E-state index in [1.165, 1.54) is 6.08 Å². The van der Waals surface area contributed by atoms with E-state index < -0.39 is 0 Å². The van der Waals surface area contributed by atoms with Gasteiger partial charge in [-0.3, -0.25) is 4.79 Å². The molecule has 0 saturated heterocycles. The predicted octanol–water partition coefficient (Wildman–Crippen LogP) is 4.64. The molecule has 1 aliphatic heterocycles. The summed E-state index contributed by atoms with van der Waals surface area (Å²) in [6.45, 7) is 2.58. The van der Waals surface area contributed by atoms with Gasteiger partial charge in [0, 0.05) is 24.4 Å². The first-order chi connectivity index (χ1) is 14.6. The third-order valence-corrected chi connectivity index (χ3v) is 4.70. The number of ether oxygens (including phenoxy) is 2. The largest absolute Gasteiger partial charge is 0.493 e. The Labute approximate surface area is 174 Å². The number of carbonyl (C=O) groups excluding carboxylic acids is 1. The third-order valence-electron chi connectivity index (χ3n) is 4.70. The lowest BCUT2D eigenvalue weighted by atomic mass is 10.1. The molecule has 0 bridgehead atoms. The van der Waals surface area contributed by atoms with Crippen LogP contribution in [-0.2, 0) is 11.2 Å². The van der Waals surface area contributed by atoms with Crippen LogP contribution < -0.4 is 14.8 Å². The minimum atomic E-state index is -0.222. The van der Waals surface area contributed by atoms with Gasteiger partial charge in [-0.1, -0.05) is 6.07 Å². The van der Waals surface area contributed by atoms with E-state index in [0.29, 0.717) is 23.6 Å². The zero-order valence-electron chi connectivity index (χ0n) is 16.4. The fraction of sp³-hybridized carbons (Fsp3) is 0.125. The first-order valence-corrected chi connectivity index (χ1v) is 9.51. The standard InChI is InChI=1S/C24H19N3O3/c1-16-13-20(30-24-19(15-25)3-2-11-26-24)6-7-21(16)27-23(28)9-5-17-4-8-22-18(14-17)10-12-29-22/h2-9,11,13-14H,10,12H2,1H3,(H,27,28). The summed E-state index contributed by atoms with van der Waals surface area (Å²) in [6, 6.07) is 16.5. The van der Waals surface area contributed by atoms with Crippen molar-refractivity contribution in [3.63, 3.8) is 0 Å². The Hall–Kier alpha value is -4.11. The van der Waals surface area contributed by atoms with Crippen molar-refractivity contribution >= 4 is 17.7 Å². The normalized spacial score (nSPS) is 12.1. The highest BCUT2D eigenvalue weighted by atomic mass is 16.5. The molecule has 4 rings (SSSR count). The molecule has 0 unspecified atom stereocenters. The summed E-state index contributed by atoms with van der Waals surface area (Å²) in [6.07, 6.45) is 5.75. The maximum Gasteiger partial charge on any atom is 0.248 e. The van der Waals surface area contributed by atoms with Gasteiger partial charge in [-0.2, -0.15) is 5.26 Å². The van der Waals surface area contributed by atoms with E-state index in [1.807, 2.05) is 25.1 Å². The van der Waals surface area contributed by atoms with Gasteiger partial charge in [-0.15, -0.1) is 0 Å². The number of hydrogen-bond acceptors (Lipinski definition) is 5. The molecule has 0 saturated carbocycles. The van der Waals surface area contributed by atoms with Gasteiger partial charge in [0.15, 0.2) is 0 Å². The Morgan fingerprint density at radius 1 is 1.27 bits per heavy atom. The van der Waals surface area contributed by atoms with Gasteiger partial charge in [0.05, 0.1) is 6.61 Å². The molecule has 0 aliphatic carbocycles. The number of hydrogen-bond donors (Lipinski definition) is 1. The minimum absolute atomic E-state index is 0.222. The summed E-state index contributed by atoms with van der Waals surface area (Å²) < 4.78 is 11.2. The molecule has 1 N–H and O–H groups in total. The molecular weight excluding hydrogens is 378 g/mol. The van der Waals surface area contributed by atoms with Crippen LogP contribution in [0, 0.1) is 18.3 Å². The van der Waals surface area contributed by atoms with E-state index in [0.717, 1.165) is 28.9 Å². The summed E-state index contributed by atoms with van der Waals surface area (Å²) in [4.78, 5) is 16.4. The van der Waals surface area contributed by atoms with Crippen LogP contribution in [0.5, 0.6) is 17.4 Å². The fourth-order valence-electron chi connectivity index (χ4n) is 3.17. The van der Waals surface area contributed by atoms with Crippen molar-refractivity contribution in [2.45, 2.75) is 13.3 Å². The predicted molar refractivity (Wildman–Crippen MR) is 114 cm³/mol. The highest BCUT2D eigenvalue weighted by Crippen LogP contribution is 2.28. The van der Waals surface area contributed by atoms with E-state index in [4.69, 9.17) is 14.7 Å². The summed E-state index contributed by atoms with van der Waals surface area (Å²) >= 11 is 0. The van der Waals surface area contributed by atoms with Crippen LogP contribution >= 0.6 is 0 Å². The van der Waals surface area contributed by atoms with Crippen molar-refractivity contribution < 1.29 is 14.3 Å². The van der Waals surface area contributed by atoms with E-state index in [2.05, 4.69) is 16.4 Å². The smallest absolute Gasteiger partial charge is 0.248 e. The number of nitrogens with one attached hydrogen (secondary N) is 1. The average Bonchev–Trinajstić information content (AvgIpc) is 3.22. The van der Waals surface area contributed by atoms with Gasteiger partial charge < -0.3 is 14.8 Å². The summed E-state index contributed by atoms with van der Waals surface area (Å²) in [5.74, 6) is 1.48. The fourth-order valence-corrected chi connectivity index (χ4v) is 3.17. The second kappa shape index (κ2) is 8.50. The van der Waals surface area contributed by atoms with Gasteiger partial charge in [-0.25, -0.2) is 4.98 Å². The third kappa shape index (κ3) is 4.31. The van der Waals surface area contributed by atoms with Crippen LogP contribution in [0.1, 0.15) is 22.3 Å². The number of aromatic nitrogens is 1. The topological polar surface area (TPSA) is 84.2 Å². The number of rotatable bonds is 5. The Morgan fingerprint density at radius 3 is 3.00 bits per heavy atom. The van der Waals surface area contributed by atoms with Crippen LogP contribution in [0.4, 0.5) is 5.69 Å². The molecule has 0 fully saturated rings. The molecule has 0 atom stereocenters. The van der Waals surface area contributed by atoms with Crippen molar-refractivity contribution in [1.29, 1.82) is 5.26 Å². The second-order valence-electron chi connectivity index (χ2n) is 6.83. The van der Waals surface area contributed by atoms with E-state index >= 15 is 0 Å². The molecule has 2 aromatic carbocycles. The molecule has 0 radical (unpaired) electrons. The van der Waals surface area contributed by atoms with Gasteiger partial charge in [0.25, 0.3) is 0 Å². The van der Waals surface area contributed by atoms with Crippen LogP contribution in [0.25, 0.3) is 6.08 Å². The second-order valence-corrected chi connectivity index (χ2v) is 6.83. The molecule has 6 heteroatoms. The van der Waals surface area contributed by atoms with Crippen LogP contribution in [-0.4, -0.2) is 17.5 Å². The Morgan fingerprint density at radius 2 is 2.17 bits per heavy atom. The molecule has 1 aromatic heterocycles. The number of benzene rings is 2. The SMILES string of the molecule is Cc1cc(Oc2ncccc2C#N)ccc1NC(=O)C=Cc1ccc2c(c1)CCO2. The molecule has 0 spiro atoms. The molecule has 30 heavy (non-hydrogen) atoms. The molecule has 2 heterocycles. The lowest BCUT2D eigenvalue weighted by Gasteiger charge is -2.10. The number of carbonyl (C=O) groups is 1. The van der Waals surface area contributed by atoms with Gasteiger partial charge in [0.1, 0.15) is 23.1 Å². The molecule has 3 aromatic rings. The Bertz CT molecular complexity index is 1180. The lowest BCUT2D eigenvalue weighted by Crippen LogP contribution is -2.09. The van der Waals surface area contributed by atoms with E-state index in [-0.39, 0.29) is 11.8 Å². The van der Waals surface area contributed by atoms with Crippen molar-refractivity contribution in [3.05, 3.63) is 83.1 Å². The number of amides is 1. The number of pyridine rings is 1. The molecule has 1 aliphatic rings. The van der Waals surface area contributed by atoms with Crippen molar-refractivity contribution in [2.75, 3.05) is 11.9 Å². The first-order valence-electron chi connectivity index (χ1n) is 9.51. The monoisotopic (exact) mass is 397 g/mol. The van der Waals surface area contributed by atoms with Crippen molar-refractivity contribution in [2.24, 2.45) is 0 Å². The summed E-state index contributed by atoms with van der Waals surface area (Å²) in [7, 11) is 0. The van der Waals surface area contributed by atoms with E-state index in [9.17, 15) is 4.79 Å². The molecule has 148 valence electrons. The first kappa shape index (κ1) is 19.2. The highest BCUT2D eigenvalue weighted by Gasteiger charge is 2.11. The number of fused-ring (bicyclic) bond motifs is 1. The maximum absolute atomic E-state index is 12.3. The van der Waals surface area contributed by atoms with Crippen molar-refractivity contribution in [1.82, 2.24) is 4.98 Å². The zero-order valence-corrected chi connectivity index (χ0v) is 16.4. The van der Waals surface area contributed by atoms with Gasteiger partial charge in [-0.05, 0) is 72.2 Å². The van der Waals surface area contributed by atoms with Gasteiger partial charge >= 0.3 is 0 Å². The van der Waals surface area contributed by atoms with Crippen LogP contribution in [0.15, 0.2) is 60.8 Å². The lowest BCUT2D eigenvalue weighted by molar-refractivity contribution is -0.111. The average molecular weight is 397 g/mol. The summed E-state index contributed by atoms with van der Waals surface area (Å²) in [5.41, 5.74) is 3.99.